The Morgan fingerprint density at radius 3 is 2.35 bits per heavy atom. The third-order valence-corrected chi connectivity index (χ3v) is 3.63. The Hall–Kier alpha value is -3.02. The summed E-state index contributed by atoms with van der Waals surface area (Å²) in [5.41, 5.74) is 2.57. The van der Waals surface area contributed by atoms with Crippen LogP contribution >= 0.6 is 0 Å². The minimum atomic E-state index is -0.267. The average molecular weight is 356 g/mol. The van der Waals surface area contributed by atoms with Gasteiger partial charge in [-0.25, -0.2) is 0 Å². The van der Waals surface area contributed by atoms with Gasteiger partial charge in [0, 0.05) is 11.6 Å². The molecule has 0 aliphatic heterocycles. The van der Waals surface area contributed by atoms with Crippen molar-refractivity contribution in [3.05, 3.63) is 59.2 Å². The third-order valence-electron chi connectivity index (χ3n) is 3.63. The van der Waals surface area contributed by atoms with Crippen molar-refractivity contribution in [1.82, 2.24) is 10.6 Å². The van der Waals surface area contributed by atoms with E-state index in [1.807, 2.05) is 38.1 Å². The molecule has 0 saturated carbocycles. The molecule has 0 spiro atoms. The van der Waals surface area contributed by atoms with Gasteiger partial charge in [-0.1, -0.05) is 23.3 Å². The van der Waals surface area contributed by atoms with Crippen LogP contribution in [0.3, 0.4) is 0 Å². The molecule has 26 heavy (non-hydrogen) atoms. The highest BCUT2D eigenvalue weighted by Gasteiger charge is 2.08. The molecule has 2 rings (SSSR count). The molecule has 2 N–H and O–H groups in total. The van der Waals surface area contributed by atoms with E-state index in [0.717, 1.165) is 11.1 Å². The second-order valence-corrected chi connectivity index (χ2v) is 5.94. The van der Waals surface area contributed by atoms with E-state index in [4.69, 9.17) is 9.47 Å². The van der Waals surface area contributed by atoms with Gasteiger partial charge in [-0.2, -0.15) is 0 Å². The lowest BCUT2D eigenvalue weighted by Gasteiger charge is -2.10. The monoisotopic (exact) mass is 356 g/mol. The number of hydrogen-bond acceptors (Lipinski definition) is 4. The molecule has 0 saturated heterocycles. The molecule has 6 nitrogen and oxygen atoms in total. The van der Waals surface area contributed by atoms with Crippen molar-refractivity contribution >= 4 is 11.8 Å². The fourth-order valence-electron chi connectivity index (χ4n) is 2.48. The number of carbonyl (C=O) groups is 2. The lowest BCUT2D eigenvalue weighted by molar-refractivity contribution is -0.120. The Kier molecular flexibility index (Phi) is 7.02. The van der Waals surface area contributed by atoms with E-state index in [2.05, 4.69) is 10.6 Å². The van der Waals surface area contributed by atoms with Crippen LogP contribution in [0.15, 0.2) is 42.5 Å². The van der Waals surface area contributed by atoms with Crippen LogP contribution < -0.4 is 20.1 Å². The van der Waals surface area contributed by atoms with Gasteiger partial charge in [0.2, 0.25) is 5.91 Å². The zero-order valence-electron chi connectivity index (χ0n) is 15.3. The van der Waals surface area contributed by atoms with Crippen molar-refractivity contribution in [2.75, 3.05) is 26.8 Å². The Morgan fingerprint density at radius 2 is 1.65 bits per heavy atom. The molecule has 0 aliphatic rings. The zero-order valence-corrected chi connectivity index (χ0v) is 15.3. The van der Waals surface area contributed by atoms with E-state index in [9.17, 15) is 9.59 Å². The highest BCUT2D eigenvalue weighted by molar-refractivity contribution is 5.96. The van der Waals surface area contributed by atoms with E-state index in [1.54, 1.807) is 25.3 Å². The van der Waals surface area contributed by atoms with Gasteiger partial charge in [0.25, 0.3) is 5.91 Å². The Morgan fingerprint density at radius 1 is 0.962 bits per heavy atom. The number of nitrogens with one attached hydrogen (secondary N) is 2. The van der Waals surface area contributed by atoms with Crippen LogP contribution in [-0.4, -0.2) is 38.6 Å². The van der Waals surface area contributed by atoms with E-state index in [1.165, 1.54) is 0 Å². The smallest absolute Gasteiger partial charge is 0.251 e. The van der Waals surface area contributed by atoms with Gasteiger partial charge < -0.3 is 20.1 Å². The summed E-state index contributed by atoms with van der Waals surface area (Å²) in [6.45, 7) is 4.45. The largest absolute Gasteiger partial charge is 0.497 e. The predicted molar refractivity (Wildman–Crippen MR) is 99.7 cm³/mol. The maximum atomic E-state index is 12.1. The van der Waals surface area contributed by atoms with Gasteiger partial charge in [-0.05, 0) is 38.1 Å². The summed E-state index contributed by atoms with van der Waals surface area (Å²) in [6, 6.07) is 12.8. The molecule has 138 valence electrons. The van der Waals surface area contributed by atoms with Crippen LogP contribution in [0.25, 0.3) is 0 Å². The number of amides is 2. The van der Waals surface area contributed by atoms with Crippen molar-refractivity contribution in [2.45, 2.75) is 13.8 Å². The second-order valence-electron chi connectivity index (χ2n) is 5.94. The number of carbonyl (C=O) groups excluding carboxylic acids is 2. The second kappa shape index (κ2) is 9.46. The third kappa shape index (κ3) is 6.12. The quantitative estimate of drug-likeness (QED) is 0.711. The van der Waals surface area contributed by atoms with Crippen LogP contribution in [0.4, 0.5) is 0 Å². The molecule has 0 fully saturated rings. The van der Waals surface area contributed by atoms with Gasteiger partial charge >= 0.3 is 0 Å². The summed E-state index contributed by atoms with van der Waals surface area (Å²) in [5, 5.41) is 5.32. The van der Waals surface area contributed by atoms with E-state index in [-0.39, 0.29) is 18.4 Å². The van der Waals surface area contributed by atoms with Crippen molar-refractivity contribution in [3.63, 3.8) is 0 Å². The van der Waals surface area contributed by atoms with E-state index < -0.39 is 0 Å². The summed E-state index contributed by atoms with van der Waals surface area (Å²) in [4.78, 5) is 23.9. The Balaban J connectivity index is 1.69. The molecular formula is C20H24N2O4. The van der Waals surface area contributed by atoms with Gasteiger partial charge in [0.15, 0.2) is 0 Å². The molecule has 2 aromatic rings. The normalized spacial score (nSPS) is 10.1. The fourth-order valence-corrected chi connectivity index (χ4v) is 2.48. The summed E-state index contributed by atoms with van der Waals surface area (Å²) in [7, 11) is 1.59. The molecule has 0 heterocycles. The summed E-state index contributed by atoms with van der Waals surface area (Å²) < 4.78 is 10.7. The molecule has 0 radical (unpaired) electrons. The first kappa shape index (κ1) is 19.3. The molecule has 0 bridgehead atoms. The van der Waals surface area contributed by atoms with Crippen molar-refractivity contribution in [1.29, 1.82) is 0 Å². The fraction of sp³-hybridized carbons (Fsp3) is 0.300. The van der Waals surface area contributed by atoms with Crippen LogP contribution in [0.5, 0.6) is 11.5 Å². The molecular weight excluding hydrogens is 332 g/mol. The lowest BCUT2D eigenvalue weighted by Crippen LogP contribution is -2.38. The Labute approximate surface area is 153 Å². The molecule has 6 heteroatoms. The lowest BCUT2D eigenvalue weighted by atomic mass is 10.1. The molecule has 2 amide bonds. The van der Waals surface area contributed by atoms with Gasteiger partial charge in [-0.3, -0.25) is 9.59 Å². The van der Waals surface area contributed by atoms with Crippen molar-refractivity contribution < 1.29 is 19.1 Å². The number of aryl methyl sites for hydroxylation is 2. The van der Waals surface area contributed by atoms with Crippen LogP contribution in [0.1, 0.15) is 21.5 Å². The van der Waals surface area contributed by atoms with Gasteiger partial charge in [0.1, 0.15) is 18.1 Å². The average Bonchev–Trinajstić information content (AvgIpc) is 2.62. The van der Waals surface area contributed by atoms with Gasteiger partial charge in [-0.15, -0.1) is 0 Å². The van der Waals surface area contributed by atoms with Crippen molar-refractivity contribution in [3.8, 4) is 11.5 Å². The van der Waals surface area contributed by atoms with Crippen LogP contribution in [0, 0.1) is 13.8 Å². The zero-order chi connectivity index (χ0) is 18.9. The summed E-state index contributed by atoms with van der Waals surface area (Å²) in [6.07, 6.45) is 0. The first-order valence-corrected chi connectivity index (χ1v) is 8.38. The first-order valence-electron chi connectivity index (χ1n) is 8.38. The minimum absolute atomic E-state index is 0.0784. The van der Waals surface area contributed by atoms with E-state index >= 15 is 0 Å². The molecule has 0 aliphatic carbocycles. The number of benzene rings is 2. The predicted octanol–water partition coefficient (Wildman–Crippen LogP) is 2.24. The number of rotatable bonds is 8. The highest BCUT2D eigenvalue weighted by atomic mass is 16.5. The molecule has 2 aromatic carbocycles. The number of hydrogen-bond donors (Lipinski definition) is 2. The first-order chi connectivity index (χ1) is 12.5. The highest BCUT2D eigenvalue weighted by Crippen LogP contribution is 2.18. The maximum absolute atomic E-state index is 12.1. The Bertz CT molecular complexity index is 754. The topological polar surface area (TPSA) is 76.7 Å². The van der Waals surface area contributed by atoms with E-state index in [0.29, 0.717) is 30.2 Å². The minimum Gasteiger partial charge on any atom is -0.497 e. The van der Waals surface area contributed by atoms with Gasteiger partial charge in [0.05, 0.1) is 20.2 Å². The number of methoxy groups -OCH3 is 1. The molecule has 0 atom stereocenters. The summed E-state index contributed by atoms with van der Waals surface area (Å²) in [5.74, 6) is 0.846. The SMILES string of the molecule is COc1cccc(OCCNC(=O)CNC(=O)c2cc(C)cc(C)c2)c1. The van der Waals surface area contributed by atoms with Crippen molar-refractivity contribution in [2.24, 2.45) is 0 Å². The van der Waals surface area contributed by atoms with Crippen LogP contribution in [0.2, 0.25) is 0 Å². The standard InChI is InChI=1S/C20H24N2O4/c1-14-9-15(2)11-16(10-14)20(24)22-13-19(23)21-7-8-26-18-6-4-5-17(12-18)25-3/h4-6,9-12H,7-8,13H2,1-3H3,(H,21,23)(H,22,24). The summed E-state index contributed by atoms with van der Waals surface area (Å²) >= 11 is 0. The molecule has 0 unspecified atom stereocenters. The number of ether oxygens (including phenoxy) is 2. The maximum Gasteiger partial charge on any atom is 0.251 e. The molecule has 0 aromatic heterocycles. The van der Waals surface area contributed by atoms with Crippen LogP contribution in [-0.2, 0) is 4.79 Å².